The van der Waals surface area contributed by atoms with Crippen molar-refractivity contribution in [1.29, 1.82) is 0 Å². The van der Waals surface area contributed by atoms with Gasteiger partial charge >= 0.3 is 5.69 Å². The number of halogens is 1. The van der Waals surface area contributed by atoms with Crippen LogP contribution in [0.3, 0.4) is 0 Å². The predicted molar refractivity (Wildman–Crippen MR) is 99.2 cm³/mol. The maximum absolute atomic E-state index is 12.6. The van der Waals surface area contributed by atoms with Crippen molar-refractivity contribution in [2.24, 2.45) is 14.1 Å². The van der Waals surface area contributed by atoms with Crippen LogP contribution >= 0.6 is 15.9 Å². The van der Waals surface area contributed by atoms with Crippen LogP contribution in [-0.4, -0.2) is 23.1 Å². The average molecular weight is 402 g/mol. The lowest BCUT2D eigenvalue weighted by Gasteiger charge is -2.06. The van der Waals surface area contributed by atoms with Gasteiger partial charge in [-0.1, -0.05) is 28.1 Å². The Morgan fingerprint density at radius 3 is 2.44 bits per heavy atom. The van der Waals surface area contributed by atoms with Gasteiger partial charge in [0.05, 0.1) is 6.54 Å². The van der Waals surface area contributed by atoms with Crippen molar-refractivity contribution in [1.82, 2.24) is 23.1 Å². The minimum atomic E-state index is -0.380. The molecule has 0 N–H and O–H groups in total. The zero-order valence-corrected chi connectivity index (χ0v) is 15.6. The van der Waals surface area contributed by atoms with E-state index >= 15 is 0 Å². The van der Waals surface area contributed by atoms with Crippen LogP contribution in [0.5, 0.6) is 0 Å². The molecule has 0 unspecified atom stereocenters. The Morgan fingerprint density at radius 2 is 1.76 bits per heavy atom. The quantitative estimate of drug-likeness (QED) is 0.514. The fraction of sp³-hybridized carbons (Fsp3) is 0.235. The fourth-order valence-electron chi connectivity index (χ4n) is 3.10. The summed E-state index contributed by atoms with van der Waals surface area (Å²) in [6.45, 7) is 2.61. The molecule has 0 aliphatic carbocycles. The number of hydrogen-bond acceptors (Lipinski definition) is 3. The number of hydrogen-bond donors (Lipinski definition) is 0. The van der Waals surface area contributed by atoms with E-state index in [0.717, 1.165) is 20.3 Å². The monoisotopic (exact) mass is 401 g/mol. The maximum Gasteiger partial charge on any atom is 0.332 e. The number of imidazole rings is 2. The highest BCUT2D eigenvalue weighted by Gasteiger charge is 2.18. The Morgan fingerprint density at radius 1 is 1.08 bits per heavy atom. The summed E-state index contributed by atoms with van der Waals surface area (Å²) in [5.74, 6) is 0.647. The number of fused-ring (bicyclic) bond motifs is 3. The number of aromatic nitrogens is 5. The first kappa shape index (κ1) is 15.9. The molecule has 0 atom stereocenters. The van der Waals surface area contributed by atoms with Gasteiger partial charge in [0.25, 0.3) is 5.56 Å². The molecule has 4 aromatic rings. The second-order valence-corrected chi connectivity index (χ2v) is 7.06. The summed E-state index contributed by atoms with van der Waals surface area (Å²) in [5, 5.41) is 0. The van der Waals surface area contributed by atoms with Crippen LogP contribution < -0.4 is 11.2 Å². The lowest BCUT2D eigenvalue weighted by molar-refractivity contribution is 0.707. The highest BCUT2D eigenvalue weighted by Crippen LogP contribution is 2.18. The summed E-state index contributed by atoms with van der Waals surface area (Å²) < 4.78 is 7.34. The van der Waals surface area contributed by atoms with Gasteiger partial charge in [-0.05, 0) is 24.6 Å². The van der Waals surface area contributed by atoms with E-state index in [0.29, 0.717) is 23.5 Å². The molecule has 0 radical (unpaired) electrons. The Hall–Kier alpha value is -2.61. The van der Waals surface area contributed by atoms with Crippen molar-refractivity contribution >= 4 is 32.9 Å². The molecule has 8 heteroatoms. The third-order valence-corrected chi connectivity index (χ3v) is 5.04. The van der Waals surface area contributed by atoms with Crippen LogP contribution in [0.15, 0.2) is 44.5 Å². The first-order chi connectivity index (χ1) is 11.9. The van der Waals surface area contributed by atoms with Crippen LogP contribution in [0.2, 0.25) is 0 Å². The largest absolute Gasteiger partial charge is 0.332 e. The maximum atomic E-state index is 12.6. The summed E-state index contributed by atoms with van der Waals surface area (Å²) in [5.41, 5.74) is 2.20. The van der Waals surface area contributed by atoms with Gasteiger partial charge in [0, 0.05) is 30.5 Å². The van der Waals surface area contributed by atoms with Gasteiger partial charge in [-0.3, -0.25) is 18.3 Å². The van der Waals surface area contributed by atoms with E-state index in [9.17, 15) is 9.59 Å². The molecule has 0 aliphatic rings. The summed E-state index contributed by atoms with van der Waals surface area (Å²) in [6, 6.07) is 8.06. The topological polar surface area (TPSA) is 66.2 Å². The van der Waals surface area contributed by atoms with E-state index in [1.807, 2.05) is 42.0 Å². The number of benzene rings is 1. The molecule has 0 bridgehead atoms. The van der Waals surface area contributed by atoms with E-state index in [-0.39, 0.29) is 11.2 Å². The molecule has 128 valence electrons. The molecule has 3 aromatic heterocycles. The zero-order valence-electron chi connectivity index (χ0n) is 14.0. The second-order valence-electron chi connectivity index (χ2n) is 6.14. The van der Waals surface area contributed by atoms with Crippen molar-refractivity contribution in [2.75, 3.05) is 0 Å². The fourth-order valence-corrected chi connectivity index (χ4v) is 3.36. The van der Waals surface area contributed by atoms with Gasteiger partial charge < -0.3 is 4.57 Å². The van der Waals surface area contributed by atoms with Crippen molar-refractivity contribution in [2.45, 2.75) is 13.5 Å². The van der Waals surface area contributed by atoms with Crippen molar-refractivity contribution in [3.63, 3.8) is 0 Å². The number of aryl methyl sites for hydroxylation is 2. The van der Waals surface area contributed by atoms with Crippen molar-refractivity contribution in [3.8, 4) is 0 Å². The van der Waals surface area contributed by atoms with Crippen molar-refractivity contribution in [3.05, 3.63) is 67.0 Å². The highest BCUT2D eigenvalue weighted by molar-refractivity contribution is 9.10. The van der Waals surface area contributed by atoms with E-state index in [1.54, 1.807) is 11.4 Å². The normalized spacial score (nSPS) is 11.7. The molecule has 3 heterocycles. The standard InChI is InChI=1S/C17H16BrN5O2/c1-10-8-23-13-14(20(2)17(25)21(3)15(13)24)19-16(23)22(10)9-11-4-6-12(18)7-5-11/h4-8H,9H2,1-3H3. The number of rotatable bonds is 2. The van der Waals surface area contributed by atoms with Gasteiger partial charge in [0.2, 0.25) is 5.78 Å². The molecule has 0 amide bonds. The molecular weight excluding hydrogens is 386 g/mol. The SMILES string of the molecule is Cc1cn2c3c(=O)n(C)c(=O)n(C)c3nc2n1Cc1ccc(Br)cc1. The third-order valence-electron chi connectivity index (χ3n) is 4.51. The zero-order chi connectivity index (χ0) is 17.9. The first-order valence-electron chi connectivity index (χ1n) is 7.77. The molecule has 7 nitrogen and oxygen atoms in total. The lowest BCUT2D eigenvalue weighted by atomic mass is 10.2. The van der Waals surface area contributed by atoms with E-state index in [1.165, 1.54) is 11.6 Å². The Labute approximate surface area is 150 Å². The molecule has 25 heavy (non-hydrogen) atoms. The van der Waals surface area contributed by atoms with Gasteiger partial charge in [-0.15, -0.1) is 0 Å². The minimum absolute atomic E-state index is 0.341. The molecule has 0 saturated heterocycles. The van der Waals surface area contributed by atoms with Gasteiger partial charge in [-0.2, -0.15) is 4.98 Å². The van der Waals surface area contributed by atoms with E-state index in [4.69, 9.17) is 0 Å². The lowest BCUT2D eigenvalue weighted by Crippen LogP contribution is -2.37. The summed E-state index contributed by atoms with van der Waals surface area (Å²) in [6.07, 6.45) is 1.88. The third kappa shape index (κ3) is 2.28. The number of nitrogens with zero attached hydrogens (tertiary/aromatic N) is 5. The van der Waals surface area contributed by atoms with E-state index < -0.39 is 0 Å². The van der Waals surface area contributed by atoms with Crippen LogP contribution in [0.1, 0.15) is 11.3 Å². The van der Waals surface area contributed by atoms with Crippen molar-refractivity contribution < 1.29 is 0 Å². The predicted octanol–water partition coefficient (Wildman–Crippen LogP) is 1.81. The van der Waals surface area contributed by atoms with Crippen LogP contribution in [0, 0.1) is 6.92 Å². The van der Waals surface area contributed by atoms with Crippen LogP contribution in [0.4, 0.5) is 0 Å². The first-order valence-corrected chi connectivity index (χ1v) is 8.56. The average Bonchev–Trinajstić information content (AvgIpc) is 3.09. The smallest absolute Gasteiger partial charge is 0.310 e. The Kier molecular flexibility index (Phi) is 3.47. The molecule has 0 spiro atoms. The summed E-state index contributed by atoms with van der Waals surface area (Å²) >= 11 is 3.44. The molecule has 1 aromatic carbocycles. The Balaban J connectivity index is 2.00. The minimum Gasteiger partial charge on any atom is -0.310 e. The second kappa shape index (κ2) is 5.45. The van der Waals surface area contributed by atoms with Gasteiger partial charge in [-0.25, -0.2) is 4.79 Å². The van der Waals surface area contributed by atoms with E-state index in [2.05, 4.69) is 20.9 Å². The molecular formula is C17H16BrN5O2. The molecule has 0 fully saturated rings. The Bertz CT molecular complexity index is 1240. The molecule has 0 aliphatic heterocycles. The summed E-state index contributed by atoms with van der Waals surface area (Å²) in [4.78, 5) is 29.3. The van der Waals surface area contributed by atoms with Crippen LogP contribution in [0.25, 0.3) is 16.9 Å². The van der Waals surface area contributed by atoms with Crippen LogP contribution in [-0.2, 0) is 20.6 Å². The highest BCUT2D eigenvalue weighted by atomic mass is 79.9. The van der Waals surface area contributed by atoms with Gasteiger partial charge in [0.1, 0.15) is 0 Å². The summed E-state index contributed by atoms with van der Waals surface area (Å²) in [7, 11) is 3.11. The molecule has 0 saturated carbocycles. The molecule has 4 rings (SSSR count). The van der Waals surface area contributed by atoms with Gasteiger partial charge in [0.15, 0.2) is 11.2 Å².